The van der Waals surface area contributed by atoms with Crippen LogP contribution >= 0.6 is 0 Å². The van der Waals surface area contributed by atoms with Crippen molar-refractivity contribution in [1.82, 2.24) is 14.5 Å². The number of amides is 1. The molecule has 0 spiro atoms. The highest BCUT2D eigenvalue weighted by Crippen LogP contribution is 2.20. The van der Waals surface area contributed by atoms with Crippen molar-refractivity contribution >= 4 is 22.9 Å². The number of anilines is 1. The molecule has 0 fully saturated rings. The van der Waals surface area contributed by atoms with E-state index in [-0.39, 0.29) is 5.91 Å². The molecule has 6 nitrogen and oxygen atoms in total. The normalized spacial score (nSPS) is 11.0. The Morgan fingerprint density at radius 3 is 2.55 bits per heavy atom. The average molecular weight is 390 g/mol. The van der Waals surface area contributed by atoms with Crippen LogP contribution in [-0.2, 0) is 17.8 Å². The highest BCUT2D eigenvalue weighted by molar-refractivity contribution is 5.91. The number of hydrogen-bond donors (Lipinski definition) is 1. The molecule has 0 radical (unpaired) electrons. The first-order valence-electron chi connectivity index (χ1n) is 10.1. The molecule has 0 bridgehead atoms. The number of benzene rings is 2. The zero-order valence-corrected chi connectivity index (χ0v) is 17.1. The number of likely N-dealkylation sites (N-methyl/N-ethyl adjacent to an activating group) is 1. The number of hydrogen-bond acceptors (Lipinski definition) is 4. The fraction of sp³-hybridized carbons (Fsp3) is 0.348. The highest BCUT2D eigenvalue weighted by Gasteiger charge is 2.14. The Balaban J connectivity index is 1.70. The van der Waals surface area contributed by atoms with E-state index in [1.165, 1.54) is 0 Å². The lowest BCUT2D eigenvalue weighted by atomic mass is 10.1. The summed E-state index contributed by atoms with van der Waals surface area (Å²) in [4.78, 5) is 19.6. The van der Waals surface area contributed by atoms with E-state index in [4.69, 9.17) is 5.26 Å². The second-order valence-electron chi connectivity index (χ2n) is 6.96. The Hall–Kier alpha value is -3.17. The minimum atomic E-state index is -0.0613. The zero-order chi connectivity index (χ0) is 20.6. The lowest BCUT2D eigenvalue weighted by molar-refractivity contribution is -0.116. The summed E-state index contributed by atoms with van der Waals surface area (Å²) in [6, 6.07) is 17.4. The number of aromatic nitrogens is 2. The molecule has 1 amide bonds. The van der Waals surface area contributed by atoms with Crippen LogP contribution in [0.2, 0.25) is 0 Å². The van der Waals surface area contributed by atoms with Crippen molar-refractivity contribution in [3.8, 4) is 6.07 Å². The predicted molar refractivity (Wildman–Crippen MR) is 116 cm³/mol. The summed E-state index contributed by atoms with van der Waals surface area (Å²) in [5, 5.41) is 11.9. The summed E-state index contributed by atoms with van der Waals surface area (Å²) >= 11 is 0. The van der Waals surface area contributed by atoms with Crippen LogP contribution in [-0.4, -0.2) is 40.0 Å². The van der Waals surface area contributed by atoms with Gasteiger partial charge in [0.1, 0.15) is 0 Å². The van der Waals surface area contributed by atoms with Gasteiger partial charge in [0.2, 0.25) is 11.9 Å². The van der Waals surface area contributed by atoms with Crippen molar-refractivity contribution in [2.45, 2.75) is 33.2 Å². The van der Waals surface area contributed by atoms with E-state index in [9.17, 15) is 4.79 Å². The fourth-order valence-corrected chi connectivity index (χ4v) is 3.37. The minimum Gasteiger partial charge on any atom is -0.309 e. The Kier molecular flexibility index (Phi) is 6.99. The first-order chi connectivity index (χ1) is 14.1. The number of rotatable bonds is 9. The molecule has 150 valence electrons. The van der Waals surface area contributed by atoms with E-state index < -0.39 is 0 Å². The van der Waals surface area contributed by atoms with Crippen molar-refractivity contribution in [3.05, 3.63) is 59.7 Å². The number of aryl methyl sites for hydroxylation is 1. The maximum atomic E-state index is 12.6. The number of para-hydroxylation sites is 2. The number of fused-ring (bicyclic) bond motifs is 1. The molecular weight excluding hydrogens is 362 g/mol. The number of nitrogens with zero attached hydrogens (tertiary/aromatic N) is 4. The SMILES string of the molecule is CCN(CC)CCn1c(NC(=O)CCc2ccc(C#N)cc2)nc2ccccc21. The van der Waals surface area contributed by atoms with Gasteiger partial charge in [-0.25, -0.2) is 4.98 Å². The summed E-state index contributed by atoms with van der Waals surface area (Å²) < 4.78 is 2.09. The molecule has 0 atom stereocenters. The lowest BCUT2D eigenvalue weighted by Crippen LogP contribution is -2.27. The molecule has 0 aliphatic rings. The van der Waals surface area contributed by atoms with Crippen LogP contribution in [0.25, 0.3) is 11.0 Å². The maximum absolute atomic E-state index is 12.6. The van der Waals surface area contributed by atoms with E-state index >= 15 is 0 Å². The van der Waals surface area contributed by atoms with Crippen LogP contribution in [0.15, 0.2) is 48.5 Å². The third kappa shape index (κ3) is 5.21. The molecule has 1 N–H and O–H groups in total. The van der Waals surface area contributed by atoms with Crippen molar-refractivity contribution in [3.63, 3.8) is 0 Å². The molecular formula is C23H27N5O. The van der Waals surface area contributed by atoms with E-state index in [0.29, 0.717) is 24.4 Å². The summed E-state index contributed by atoms with van der Waals surface area (Å²) in [5.74, 6) is 0.539. The monoisotopic (exact) mass is 389 g/mol. The van der Waals surface area contributed by atoms with Gasteiger partial charge >= 0.3 is 0 Å². The zero-order valence-electron chi connectivity index (χ0n) is 17.1. The van der Waals surface area contributed by atoms with Gasteiger partial charge in [0, 0.05) is 19.5 Å². The van der Waals surface area contributed by atoms with Gasteiger partial charge in [0.15, 0.2) is 0 Å². The number of carbonyl (C=O) groups is 1. The van der Waals surface area contributed by atoms with Crippen LogP contribution < -0.4 is 5.32 Å². The topological polar surface area (TPSA) is 73.9 Å². The first-order valence-corrected chi connectivity index (χ1v) is 10.1. The minimum absolute atomic E-state index is 0.0613. The third-order valence-corrected chi connectivity index (χ3v) is 5.16. The Morgan fingerprint density at radius 2 is 1.86 bits per heavy atom. The second-order valence-corrected chi connectivity index (χ2v) is 6.96. The van der Waals surface area contributed by atoms with Gasteiger partial charge in [-0.3, -0.25) is 10.1 Å². The predicted octanol–water partition coefficient (Wildman–Crippen LogP) is 3.82. The molecule has 0 aliphatic carbocycles. The maximum Gasteiger partial charge on any atom is 0.227 e. The summed E-state index contributed by atoms with van der Waals surface area (Å²) in [5.41, 5.74) is 3.57. The van der Waals surface area contributed by atoms with Crippen LogP contribution in [0.3, 0.4) is 0 Å². The number of carbonyl (C=O) groups excluding carboxylic acids is 1. The molecule has 6 heteroatoms. The van der Waals surface area contributed by atoms with Gasteiger partial charge in [-0.1, -0.05) is 38.1 Å². The van der Waals surface area contributed by atoms with Gasteiger partial charge in [0.25, 0.3) is 0 Å². The van der Waals surface area contributed by atoms with Crippen molar-refractivity contribution in [2.75, 3.05) is 25.0 Å². The van der Waals surface area contributed by atoms with Crippen LogP contribution in [0.5, 0.6) is 0 Å². The number of imidazole rings is 1. The number of nitriles is 1. The smallest absolute Gasteiger partial charge is 0.227 e. The molecule has 0 saturated heterocycles. The molecule has 29 heavy (non-hydrogen) atoms. The second kappa shape index (κ2) is 9.85. The van der Waals surface area contributed by atoms with Crippen LogP contribution in [0, 0.1) is 11.3 Å². The van der Waals surface area contributed by atoms with Gasteiger partial charge in [-0.15, -0.1) is 0 Å². The van der Waals surface area contributed by atoms with Gasteiger partial charge in [-0.2, -0.15) is 5.26 Å². The lowest BCUT2D eigenvalue weighted by Gasteiger charge is -2.19. The molecule has 1 heterocycles. The molecule has 0 saturated carbocycles. The van der Waals surface area contributed by atoms with Crippen LogP contribution in [0.4, 0.5) is 5.95 Å². The summed E-state index contributed by atoms with van der Waals surface area (Å²) in [7, 11) is 0. The Morgan fingerprint density at radius 1 is 1.14 bits per heavy atom. The van der Waals surface area contributed by atoms with Crippen LogP contribution in [0.1, 0.15) is 31.4 Å². The van der Waals surface area contributed by atoms with E-state index in [1.807, 2.05) is 36.4 Å². The van der Waals surface area contributed by atoms with Gasteiger partial charge in [0.05, 0.1) is 22.7 Å². The highest BCUT2D eigenvalue weighted by atomic mass is 16.1. The van der Waals surface area contributed by atoms with Gasteiger partial charge < -0.3 is 9.47 Å². The Bertz CT molecular complexity index is 996. The first kappa shape index (κ1) is 20.6. The Labute approximate surface area is 171 Å². The summed E-state index contributed by atoms with van der Waals surface area (Å²) in [6.07, 6.45) is 0.988. The largest absolute Gasteiger partial charge is 0.309 e. The van der Waals surface area contributed by atoms with Crippen molar-refractivity contribution < 1.29 is 4.79 Å². The number of nitrogens with one attached hydrogen (secondary N) is 1. The molecule has 2 aromatic carbocycles. The standard InChI is InChI=1S/C23H27N5O/c1-3-27(4-2)15-16-28-21-8-6-5-7-20(21)25-23(28)26-22(29)14-13-18-9-11-19(17-24)12-10-18/h5-12H,3-4,13-16H2,1-2H3,(H,25,26,29). The molecule has 3 aromatic rings. The van der Waals surface area contributed by atoms with E-state index in [0.717, 1.165) is 42.8 Å². The molecule has 3 rings (SSSR count). The fourth-order valence-electron chi connectivity index (χ4n) is 3.37. The van der Waals surface area contributed by atoms with E-state index in [2.05, 4.69) is 39.7 Å². The quantitative estimate of drug-likeness (QED) is 0.604. The van der Waals surface area contributed by atoms with Gasteiger partial charge in [-0.05, 0) is 49.3 Å². The van der Waals surface area contributed by atoms with Crippen molar-refractivity contribution in [1.29, 1.82) is 5.26 Å². The molecule has 0 aliphatic heterocycles. The average Bonchev–Trinajstić information content (AvgIpc) is 3.10. The third-order valence-electron chi connectivity index (χ3n) is 5.16. The summed E-state index contributed by atoms with van der Waals surface area (Å²) in [6.45, 7) is 7.97. The molecule has 1 aromatic heterocycles. The van der Waals surface area contributed by atoms with E-state index in [1.54, 1.807) is 12.1 Å². The molecule has 0 unspecified atom stereocenters. The van der Waals surface area contributed by atoms with Crippen molar-refractivity contribution in [2.24, 2.45) is 0 Å².